The van der Waals surface area contributed by atoms with Crippen molar-refractivity contribution in [3.63, 3.8) is 0 Å². The lowest BCUT2D eigenvalue weighted by atomic mass is 10.2. The van der Waals surface area contributed by atoms with Crippen LogP contribution in [0.2, 0.25) is 0 Å². The van der Waals surface area contributed by atoms with Gasteiger partial charge in [-0.1, -0.05) is 46.3 Å². The van der Waals surface area contributed by atoms with Crippen LogP contribution in [0.3, 0.4) is 0 Å². The Hall–Kier alpha value is -1.27. The fourth-order valence-corrected chi connectivity index (χ4v) is 3.21. The number of carbonyl (C=O) groups is 1. The van der Waals surface area contributed by atoms with E-state index >= 15 is 0 Å². The van der Waals surface area contributed by atoms with E-state index in [0.29, 0.717) is 24.8 Å². The van der Waals surface area contributed by atoms with E-state index in [0.717, 1.165) is 15.9 Å². The highest BCUT2D eigenvalue weighted by Crippen LogP contribution is 2.28. The number of hydrogen-bond acceptors (Lipinski definition) is 4. The van der Waals surface area contributed by atoms with Crippen LogP contribution in [0.15, 0.2) is 30.3 Å². The molecule has 4 nitrogen and oxygen atoms in total. The second-order valence-electron chi connectivity index (χ2n) is 4.49. The highest BCUT2D eigenvalue weighted by atomic mass is 79.9. The first kappa shape index (κ1) is 12.7. The van der Waals surface area contributed by atoms with Crippen LogP contribution in [0, 0.1) is 5.92 Å². The summed E-state index contributed by atoms with van der Waals surface area (Å²) in [6, 6.07) is 9.90. The predicted octanol–water partition coefficient (Wildman–Crippen LogP) is 2.95. The number of anilines is 1. The zero-order valence-electron chi connectivity index (χ0n) is 10.1. The van der Waals surface area contributed by atoms with Crippen LogP contribution in [0.4, 0.5) is 5.95 Å². The molecule has 0 N–H and O–H groups in total. The molecule has 0 bridgehead atoms. The lowest BCUT2D eigenvalue weighted by Crippen LogP contribution is -2.25. The van der Waals surface area contributed by atoms with Crippen LogP contribution in [0.25, 0.3) is 10.6 Å². The van der Waals surface area contributed by atoms with Crippen LogP contribution >= 0.6 is 27.5 Å². The number of nitrogens with zero attached hydrogens (tertiary/aromatic N) is 3. The Labute approximate surface area is 123 Å². The van der Waals surface area contributed by atoms with Gasteiger partial charge in [-0.3, -0.25) is 9.69 Å². The summed E-state index contributed by atoms with van der Waals surface area (Å²) in [7, 11) is 0. The van der Waals surface area contributed by atoms with Crippen molar-refractivity contribution in [1.82, 2.24) is 9.36 Å². The van der Waals surface area contributed by atoms with Crippen molar-refractivity contribution in [2.45, 2.75) is 6.42 Å². The molecule has 1 aromatic heterocycles. The van der Waals surface area contributed by atoms with E-state index in [4.69, 9.17) is 0 Å². The summed E-state index contributed by atoms with van der Waals surface area (Å²) in [5.74, 6) is 1.01. The Kier molecular flexibility index (Phi) is 3.61. The molecule has 1 aromatic carbocycles. The smallest absolute Gasteiger partial charge is 0.244 e. The van der Waals surface area contributed by atoms with Gasteiger partial charge in [-0.25, -0.2) is 0 Å². The van der Waals surface area contributed by atoms with E-state index < -0.39 is 0 Å². The third-order valence-electron chi connectivity index (χ3n) is 3.10. The summed E-state index contributed by atoms with van der Waals surface area (Å²) in [5, 5.41) is 1.69. The van der Waals surface area contributed by atoms with Crippen LogP contribution in [-0.2, 0) is 4.79 Å². The summed E-state index contributed by atoms with van der Waals surface area (Å²) in [4.78, 5) is 18.1. The highest BCUT2D eigenvalue weighted by molar-refractivity contribution is 9.09. The van der Waals surface area contributed by atoms with E-state index in [-0.39, 0.29) is 5.91 Å². The Bertz CT molecular complexity index is 587. The van der Waals surface area contributed by atoms with Gasteiger partial charge in [0.1, 0.15) is 5.01 Å². The molecule has 98 valence electrons. The first-order valence-corrected chi connectivity index (χ1v) is 7.93. The molecule has 1 saturated heterocycles. The summed E-state index contributed by atoms with van der Waals surface area (Å²) < 4.78 is 4.31. The maximum atomic E-state index is 11.9. The van der Waals surface area contributed by atoms with Crippen molar-refractivity contribution in [3.05, 3.63) is 30.3 Å². The maximum Gasteiger partial charge on any atom is 0.244 e. The van der Waals surface area contributed by atoms with E-state index in [1.807, 2.05) is 30.3 Å². The van der Waals surface area contributed by atoms with Gasteiger partial charge in [-0.2, -0.15) is 9.36 Å². The van der Waals surface area contributed by atoms with Gasteiger partial charge in [0.2, 0.25) is 11.9 Å². The summed E-state index contributed by atoms with van der Waals surface area (Å²) in [6.45, 7) is 0.703. The van der Waals surface area contributed by atoms with Crippen LogP contribution < -0.4 is 4.90 Å². The number of halogens is 1. The lowest BCUT2D eigenvalue weighted by Gasteiger charge is -2.10. The quantitative estimate of drug-likeness (QED) is 0.809. The minimum atomic E-state index is 0.113. The molecule has 0 radical (unpaired) electrons. The topological polar surface area (TPSA) is 46.1 Å². The first-order chi connectivity index (χ1) is 9.28. The van der Waals surface area contributed by atoms with Crippen molar-refractivity contribution in [2.75, 3.05) is 16.8 Å². The number of aromatic nitrogens is 2. The van der Waals surface area contributed by atoms with Gasteiger partial charge >= 0.3 is 0 Å². The summed E-state index contributed by atoms with van der Waals surface area (Å²) >= 11 is 4.76. The number of hydrogen-bond donors (Lipinski definition) is 0. The van der Waals surface area contributed by atoms with Crippen molar-refractivity contribution in [3.8, 4) is 10.6 Å². The number of amides is 1. The SMILES string of the molecule is O=C1CC(CBr)CN1c1nsc(-c2ccccc2)n1. The molecule has 1 unspecified atom stereocenters. The molecule has 1 aliphatic heterocycles. The molecule has 2 aromatic rings. The van der Waals surface area contributed by atoms with Crippen LogP contribution in [-0.4, -0.2) is 27.1 Å². The first-order valence-electron chi connectivity index (χ1n) is 6.03. The molecule has 1 amide bonds. The molecule has 1 fully saturated rings. The predicted molar refractivity (Wildman–Crippen MR) is 79.6 cm³/mol. The van der Waals surface area contributed by atoms with Gasteiger partial charge in [-0.05, 0) is 17.5 Å². The molecule has 1 aliphatic rings. The van der Waals surface area contributed by atoms with E-state index in [1.54, 1.807) is 4.90 Å². The molecule has 0 saturated carbocycles. The number of benzene rings is 1. The molecule has 2 heterocycles. The Morgan fingerprint density at radius 1 is 1.37 bits per heavy atom. The minimum absolute atomic E-state index is 0.113. The average Bonchev–Trinajstić information content (AvgIpc) is 3.06. The Morgan fingerprint density at radius 3 is 2.84 bits per heavy atom. The Balaban J connectivity index is 1.84. The molecular formula is C13H12BrN3OS. The highest BCUT2D eigenvalue weighted by Gasteiger charge is 2.32. The van der Waals surface area contributed by atoms with E-state index in [9.17, 15) is 4.79 Å². The number of carbonyl (C=O) groups excluding carboxylic acids is 1. The normalized spacial score (nSPS) is 19.1. The van der Waals surface area contributed by atoms with Crippen molar-refractivity contribution in [2.24, 2.45) is 5.92 Å². The third-order valence-corrected chi connectivity index (χ3v) is 4.77. The molecule has 0 aliphatic carbocycles. The molecule has 19 heavy (non-hydrogen) atoms. The monoisotopic (exact) mass is 337 g/mol. The van der Waals surface area contributed by atoms with Gasteiger partial charge in [0, 0.05) is 23.9 Å². The fraction of sp³-hybridized carbons (Fsp3) is 0.308. The molecule has 3 rings (SSSR count). The second kappa shape index (κ2) is 5.38. The van der Waals surface area contributed by atoms with E-state index in [2.05, 4.69) is 25.3 Å². The van der Waals surface area contributed by atoms with Gasteiger partial charge < -0.3 is 0 Å². The second-order valence-corrected chi connectivity index (χ2v) is 5.89. The molecule has 1 atom stereocenters. The fourth-order valence-electron chi connectivity index (χ4n) is 2.10. The minimum Gasteiger partial charge on any atom is -0.280 e. The average molecular weight is 338 g/mol. The van der Waals surface area contributed by atoms with Crippen LogP contribution in [0.1, 0.15) is 6.42 Å². The van der Waals surface area contributed by atoms with Crippen molar-refractivity contribution in [1.29, 1.82) is 0 Å². The number of rotatable bonds is 3. The van der Waals surface area contributed by atoms with Crippen molar-refractivity contribution >= 4 is 39.3 Å². The summed E-state index contributed by atoms with van der Waals surface area (Å²) in [6.07, 6.45) is 0.575. The van der Waals surface area contributed by atoms with Gasteiger partial charge in [-0.15, -0.1) is 0 Å². The number of alkyl halides is 1. The summed E-state index contributed by atoms with van der Waals surface area (Å²) in [5.41, 5.74) is 1.04. The zero-order valence-corrected chi connectivity index (χ0v) is 12.5. The largest absolute Gasteiger partial charge is 0.280 e. The van der Waals surface area contributed by atoms with Gasteiger partial charge in [0.15, 0.2) is 0 Å². The van der Waals surface area contributed by atoms with Gasteiger partial charge in [0.05, 0.1) is 0 Å². The molecule has 6 heteroatoms. The molecular weight excluding hydrogens is 326 g/mol. The maximum absolute atomic E-state index is 11.9. The molecule has 0 spiro atoms. The van der Waals surface area contributed by atoms with Gasteiger partial charge in [0.25, 0.3) is 0 Å². The lowest BCUT2D eigenvalue weighted by molar-refractivity contribution is -0.117. The van der Waals surface area contributed by atoms with E-state index in [1.165, 1.54) is 11.5 Å². The van der Waals surface area contributed by atoms with Crippen LogP contribution in [0.5, 0.6) is 0 Å². The van der Waals surface area contributed by atoms with Crippen molar-refractivity contribution < 1.29 is 4.79 Å². The Morgan fingerprint density at radius 2 is 2.16 bits per heavy atom. The zero-order chi connectivity index (χ0) is 13.2. The third kappa shape index (κ3) is 2.55. The standard InChI is InChI=1S/C13H12BrN3OS/c14-7-9-6-11(18)17(8-9)13-15-12(19-16-13)10-4-2-1-3-5-10/h1-5,9H,6-8H2.